The summed E-state index contributed by atoms with van der Waals surface area (Å²) in [5, 5.41) is 0.629. The van der Waals surface area contributed by atoms with Crippen molar-refractivity contribution in [1.82, 2.24) is 9.97 Å². The third-order valence-electron chi connectivity index (χ3n) is 4.96. The highest BCUT2D eigenvalue weighted by molar-refractivity contribution is 7.22. The predicted octanol–water partition coefficient (Wildman–Crippen LogP) is 4.62. The van der Waals surface area contributed by atoms with Crippen LogP contribution in [0.1, 0.15) is 21.5 Å². The summed E-state index contributed by atoms with van der Waals surface area (Å²) >= 11 is 1.46. The fourth-order valence-corrected chi connectivity index (χ4v) is 4.40. The molecule has 0 fully saturated rings. The van der Waals surface area contributed by atoms with Gasteiger partial charge < -0.3 is 9.47 Å². The van der Waals surface area contributed by atoms with Gasteiger partial charge in [-0.05, 0) is 30.2 Å². The van der Waals surface area contributed by atoms with E-state index in [-0.39, 0.29) is 5.91 Å². The number of aryl methyl sites for hydroxylation is 1. The summed E-state index contributed by atoms with van der Waals surface area (Å²) in [5.74, 6) is 1.32. The Kier molecular flexibility index (Phi) is 4.80. The van der Waals surface area contributed by atoms with Crippen molar-refractivity contribution in [2.75, 3.05) is 18.1 Å². The quantitative estimate of drug-likeness (QED) is 0.485. The highest BCUT2D eigenvalue weighted by atomic mass is 32.1. The van der Waals surface area contributed by atoms with Crippen LogP contribution in [0.25, 0.3) is 10.2 Å². The molecule has 0 radical (unpaired) electrons. The van der Waals surface area contributed by atoms with Crippen molar-refractivity contribution in [3.63, 3.8) is 0 Å². The number of pyridine rings is 1. The van der Waals surface area contributed by atoms with Crippen LogP contribution in [0.3, 0.4) is 0 Å². The SMILES string of the molecule is Cc1ccccc1C(=O)N(Cc1cccnc1)c1nc2cc3c(cc2s1)OCCO3. The first-order chi connectivity index (χ1) is 14.7. The molecule has 2 aromatic carbocycles. The number of amides is 1. The summed E-state index contributed by atoms with van der Waals surface area (Å²) < 4.78 is 12.3. The lowest BCUT2D eigenvalue weighted by Crippen LogP contribution is -2.30. The Bertz CT molecular complexity index is 1180. The van der Waals surface area contributed by atoms with Crippen molar-refractivity contribution in [2.24, 2.45) is 0 Å². The second kappa shape index (κ2) is 7.76. The molecule has 3 heterocycles. The molecule has 5 rings (SSSR count). The zero-order valence-corrected chi connectivity index (χ0v) is 17.2. The van der Waals surface area contributed by atoms with E-state index in [1.54, 1.807) is 17.3 Å². The topological polar surface area (TPSA) is 64.6 Å². The van der Waals surface area contributed by atoms with Crippen molar-refractivity contribution < 1.29 is 14.3 Å². The largest absolute Gasteiger partial charge is 0.486 e. The van der Waals surface area contributed by atoms with Gasteiger partial charge in [-0.3, -0.25) is 14.7 Å². The number of hydrogen-bond acceptors (Lipinski definition) is 6. The lowest BCUT2D eigenvalue weighted by molar-refractivity contribution is 0.0984. The summed E-state index contributed by atoms with van der Waals surface area (Å²) in [6.45, 7) is 3.38. The van der Waals surface area contributed by atoms with Crippen LogP contribution in [0.15, 0.2) is 60.9 Å². The first-order valence-electron chi connectivity index (χ1n) is 9.65. The molecule has 0 saturated carbocycles. The molecule has 1 amide bonds. The molecule has 7 heteroatoms. The zero-order chi connectivity index (χ0) is 20.5. The average molecular weight is 417 g/mol. The minimum absolute atomic E-state index is 0.0896. The molecule has 0 bridgehead atoms. The van der Waals surface area contributed by atoms with Gasteiger partial charge in [0.1, 0.15) is 13.2 Å². The molecule has 2 aromatic heterocycles. The number of hydrogen-bond donors (Lipinski definition) is 0. The van der Waals surface area contributed by atoms with Crippen LogP contribution >= 0.6 is 11.3 Å². The van der Waals surface area contributed by atoms with E-state index in [9.17, 15) is 4.79 Å². The maximum absolute atomic E-state index is 13.5. The van der Waals surface area contributed by atoms with Crippen molar-refractivity contribution in [2.45, 2.75) is 13.5 Å². The lowest BCUT2D eigenvalue weighted by Gasteiger charge is -2.21. The number of fused-ring (bicyclic) bond motifs is 2. The Hall–Kier alpha value is -3.45. The second-order valence-corrected chi connectivity index (χ2v) is 8.04. The zero-order valence-electron chi connectivity index (χ0n) is 16.4. The first kappa shape index (κ1) is 18.6. The number of carbonyl (C=O) groups is 1. The summed E-state index contributed by atoms with van der Waals surface area (Å²) in [5.41, 5.74) is 3.31. The Morgan fingerprint density at radius 3 is 2.67 bits per heavy atom. The van der Waals surface area contributed by atoms with E-state index in [1.165, 1.54) is 11.3 Å². The van der Waals surface area contributed by atoms with E-state index < -0.39 is 0 Å². The third-order valence-corrected chi connectivity index (χ3v) is 6.00. The Labute approximate surface area is 177 Å². The van der Waals surface area contributed by atoms with Crippen LogP contribution in [-0.2, 0) is 6.54 Å². The van der Waals surface area contributed by atoms with E-state index in [2.05, 4.69) is 4.98 Å². The summed E-state index contributed by atoms with van der Waals surface area (Å²) in [6, 6.07) is 15.2. The van der Waals surface area contributed by atoms with Gasteiger partial charge in [-0.25, -0.2) is 4.98 Å². The molecule has 1 aliphatic rings. The monoisotopic (exact) mass is 417 g/mol. The highest BCUT2D eigenvalue weighted by Gasteiger charge is 2.24. The van der Waals surface area contributed by atoms with Gasteiger partial charge in [-0.2, -0.15) is 0 Å². The molecule has 6 nitrogen and oxygen atoms in total. The van der Waals surface area contributed by atoms with E-state index in [4.69, 9.17) is 14.5 Å². The van der Waals surface area contributed by atoms with Crippen LogP contribution in [0.4, 0.5) is 5.13 Å². The lowest BCUT2D eigenvalue weighted by atomic mass is 10.1. The molecule has 150 valence electrons. The molecule has 4 aromatic rings. The van der Waals surface area contributed by atoms with Gasteiger partial charge >= 0.3 is 0 Å². The molecule has 0 atom stereocenters. The van der Waals surface area contributed by atoms with Crippen LogP contribution < -0.4 is 14.4 Å². The van der Waals surface area contributed by atoms with Crippen molar-refractivity contribution >= 4 is 32.6 Å². The molecular weight excluding hydrogens is 398 g/mol. The van der Waals surface area contributed by atoms with Gasteiger partial charge in [-0.15, -0.1) is 0 Å². The van der Waals surface area contributed by atoms with Gasteiger partial charge in [0.05, 0.1) is 16.8 Å². The highest BCUT2D eigenvalue weighted by Crippen LogP contribution is 2.39. The molecule has 30 heavy (non-hydrogen) atoms. The normalized spacial score (nSPS) is 12.7. The minimum Gasteiger partial charge on any atom is -0.486 e. The van der Waals surface area contributed by atoms with E-state index in [0.717, 1.165) is 21.3 Å². The van der Waals surface area contributed by atoms with Gasteiger partial charge in [0.15, 0.2) is 16.6 Å². The number of benzene rings is 2. The molecule has 0 saturated heterocycles. The summed E-state index contributed by atoms with van der Waals surface area (Å²) in [4.78, 5) is 24.2. The average Bonchev–Trinajstić information content (AvgIpc) is 3.19. The minimum atomic E-state index is -0.0896. The Morgan fingerprint density at radius 2 is 1.90 bits per heavy atom. The van der Waals surface area contributed by atoms with Gasteiger partial charge in [0, 0.05) is 30.1 Å². The molecule has 1 aliphatic heterocycles. The predicted molar refractivity (Wildman–Crippen MR) is 117 cm³/mol. The number of thiazole rings is 1. The van der Waals surface area contributed by atoms with E-state index >= 15 is 0 Å². The van der Waals surface area contributed by atoms with Crippen LogP contribution in [-0.4, -0.2) is 29.1 Å². The molecule has 0 N–H and O–H groups in total. The maximum Gasteiger partial charge on any atom is 0.260 e. The molecule has 0 unspecified atom stereocenters. The fourth-order valence-electron chi connectivity index (χ4n) is 3.43. The number of ether oxygens (including phenoxy) is 2. The Balaban J connectivity index is 1.58. The van der Waals surface area contributed by atoms with E-state index in [1.807, 2.05) is 55.5 Å². The molecule has 0 aliphatic carbocycles. The Morgan fingerprint density at radius 1 is 1.10 bits per heavy atom. The van der Waals surface area contributed by atoms with Crippen molar-refractivity contribution in [1.29, 1.82) is 0 Å². The molecule has 0 spiro atoms. The van der Waals surface area contributed by atoms with E-state index in [0.29, 0.717) is 42.0 Å². The van der Waals surface area contributed by atoms with Crippen LogP contribution in [0.2, 0.25) is 0 Å². The number of nitrogens with zero attached hydrogens (tertiary/aromatic N) is 3. The summed E-state index contributed by atoms with van der Waals surface area (Å²) in [6.07, 6.45) is 3.49. The van der Waals surface area contributed by atoms with Gasteiger partial charge in [0.25, 0.3) is 5.91 Å². The van der Waals surface area contributed by atoms with Crippen molar-refractivity contribution in [3.8, 4) is 11.5 Å². The molecular formula is C23H19N3O3S. The van der Waals surface area contributed by atoms with Crippen molar-refractivity contribution in [3.05, 3.63) is 77.6 Å². The second-order valence-electron chi connectivity index (χ2n) is 7.03. The fraction of sp³-hybridized carbons (Fsp3) is 0.174. The smallest absolute Gasteiger partial charge is 0.260 e. The van der Waals surface area contributed by atoms with Gasteiger partial charge in [0.2, 0.25) is 0 Å². The number of carbonyl (C=O) groups excluding carboxylic acids is 1. The van der Waals surface area contributed by atoms with Gasteiger partial charge in [-0.1, -0.05) is 35.6 Å². The maximum atomic E-state index is 13.5. The number of anilines is 1. The summed E-state index contributed by atoms with van der Waals surface area (Å²) in [7, 11) is 0. The standard InChI is InChI=1S/C23H19N3O3S/c1-15-5-2-3-7-17(15)22(27)26(14-16-6-4-8-24-13-16)23-25-18-11-19-20(12-21(18)30-23)29-10-9-28-19/h2-8,11-13H,9-10,14H2,1H3. The third kappa shape index (κ3) is 3.48. The van der Waals surface area contributed by atoms with Crippen LogP contribution in [0.5, 0.6) is 11.5 Å². The number of aromatic nitrogens is 2. The van der Waals surface area contributed by atoms with Crippen LogP contribution in [0, 0.1) is 6.92 Å². The first-order valence-corrected chi connectivity index (χ1v) is 10.5. The number of rotatable bonds is 4.